The fourth-order valence-electron chi connectivity index (χ4n) is 1.43. The van der Waals surface area contributed by atoms with E-state index in [1.807, 2.05) is 30.3 Å². The lowest BCUT2D eigenvalue weighted by molar-refractivity contribution is 0.630. The van der Waals surface area contributed by atoms with Gasteiger partial charge in [-0.05, 0) is 23.8 Å². The molecule has 0 spiro atoms. The maximum atomic E-state index is 13.4. The van der Waals surface area contributed by atoms with E-state index < -0.39 is 0 Å². The Morgan fingerprint density at radius 2 is 1.81 bits per heavy atom. The highest BCUT2D eigenvalue weighted by Gasteiger charge is 2.01. The van der Waals surface area contributed by atoms with Crippen molar-refractivity contribution < 1.29 is 4.39 Å². The lowest BCUT2D eigenvalue weighted by Gasteiger charge is -2.07. The molecule has 0 unspecified atom stereocenters. The highest BCUT2D eigenvalue weighted by molar-refractivity contribution is 6.30. The lowest BCUT2D eigenvalue weighted by atomic mass is 10.2. The van der Waals surface area contributed by atoms with E-state index in [0.717, 1.165) is 5.56 Å². The number of hydrogen-bond acceptors (Lipinski definition) is 1. The fraction of sp³-hybridized carbons (Fsp3) is 0.0769. The number of rotatable bonds is 3. The summed E-state index contributed by atoms with van der Waals surface area (Å²) in [6.45, 7) is 0.597. The Kier molecular flexibility index (Phi) is 3.42. The van der Waals surface area contributed by atoms with Crippen LogP contribution >= 0.6 is 11.6 Å². The van der Waals surface area contributed by atoms with E-state index in [1.54, 1.807) is 12.1 Å². The molecule has 0 aliphatic heterocycles. The Bertz CT molecular complexity index is 471. The van der Waals surface area contributed by atoms with Crippen molar-refractivity contribution in [3.8, 4) is 0 Å². The van der Waals surface area contributed by atoms with Crippen molar-refractivity contribution in [2.75, 3.05) is 5.32 Å². The molecule has 0 radical (unpaired) electrons. The molecule has 0 fully saturated rings. The molecule has 16 heavy (non-hydrogen) atoms. The summed E-state index contributed by atoms with van der Waals surface area (Å²) in [6, 6.07) is 14.4. The minimum Gasteiger partial charge on any atom is -0.379 e. The van der Waals surface area contributed by atoms with Gasteiger partial charge in [0.2, 0.25) is 0 Å². The van der Waals surface area contributed by atoms with Gasteiger partial charge in [-0.1, -0.05) is 41.9 Å². The van der Waals surface area contributed by atoms with Crippen LogP contribution in [0.5, 0.6) is 0 Å². The summed E-state index contributed by atoms with van der Waals surface area (Å²) in [5.74, 6) is -0.330. The molecule has 0 heterocycles. The lowest BCUT2D eigenvalue weighted by Crippen LogP contribution is -2.00. The summed E-state index contributed by atoms with van der Waals surface area (Å²) in [6.07, 6.45) is 0. The minimum absolute atomic E-state index is 0.330. The van der Waals surface area contributed by atoms with Crippen LogP contribution in [-0.2, 0) is 6.54 Å². The van der Waals surface area contributed by atoms with Gasteiger partial charge in [-0.15, -0.1) is 0 Å². The zero-order valence-electron chi connectivity index (χ0n) is 8.58. The molecule has 0 amide bonds. The normalized spacial score (nSPS) is 10.1. The van der Waals surface area contributed by atoms with E-state index in [-0.39, 0.29) is 5.82 Å². The van der Waals surface area contributed by atoms with Crippen LogP contribution in [0, 0.1) is 5.82 Å². The third-order valence-electron chi connectivity index (χ3n) is 2.26. The van der Waals surface area contributed by atoms with Gasteiger partial charge in [0, 0.05) is 11.6 Å². The van der Waals surface area contributed by atoms with Crippen molar-refractivity contribution >= 4 is 17.3 Å². The molecule has 0 saturated carbocycles. The molecule has 3 heteroatoms. The Labute approximate surface area is 98.9 Å². The van der Waals surface area contributed by atoms with E-state index in [2.05, 4.69) is 5.32 Å². The number of nitrogens with one attached hydrogen (secondary N) is 1. The third kappa shape index (κ3) is 2.74. The zero-order valence-corrected chi connectivity index (χ0v) is 9.34. The predicted octanol–water partition coefficient (Wildman–Crippen LogP) is 4.09. The van der Waals surface area contributed by atoms with Crippen LogP contribution in [0.25, 0.3) is 0 Å². The highest BCUT2D eigenvalue weighted by Crippen LogP contribution is 2.19. The van der Waals surface area contributed by atoms with Gasteiger partial charge in [-0.2, -0.15) is 0 Å². The van der Waals surface area contributed by atoms with E-state index in [0.29, 0.717) is 17.3 Å². The molecule has 0 saturated heterocycles. The summed E-state index contributed by atoms with van der Waals surface area (Å²) >= 11 is 5.67. The molecular formula is C13H11ClFN. The van der Waals surface area contributed by atoms with Gasteiger partial charge in [0.25, 0.3) is 0 Å². The molecule has 2 rings (SSSR count). The number of benzene rings is 2. The number of hydrogen-bond donors (Lipinski definition) is 1. The maximum absolute atomic E-state index is 13.4. The van der Waals surface area contributed by atoms with Crippen molar-refractivity contribution in [2.24, 2.45) is 0 Å². The molecule has 0 atom stereocenters. The summed E-state index contributed by atoms with van der Waals surface area (Å²) in [7, 11) is 0. The first-order chi connectivity index (χ1) is 7.75. The van der Waals surface area contributed by atoms with E-state index in [1.165, 1.54) is 6.07 Å². The largest absolute Gasteiger partial charge is 0.379 e. The van der Waals surface area contributed by atoms with Gasteiger partial charge < -0.3 is 5.32 Å². The average molecular weight is 236 g/mol. The van der Waals surface area contributed by atoms with Gasteiger partial charge in [0.1, 0.15) is 5.82 Å². The van der Waals surface area contributed by atoms with E-state index in [4.69, 9.17) is 11.6 Å². The second-order valence-electron chi connectivity index (χ2n) is 3.46. The maximum Gasteiger partial charge on any atom is 0.147 e. The Morgan fingerprint density at radius 3 is 2.50 bits per heavy atom. The highest BCUT2D eigenvalue weighted by atomic mass is 35.5. The Balaban J connectivity index is 2.05. The van der Waals surface area contributed by atoms with Crippen LogP contribution in [0.15, 0.2) is 48.5 Å². The van der Waals surface area contributed by atoms with Crippen LogP contribution in [0.3, 0.4) is 0 Å². The Hall–Kier alpha value is -1.54. The second-order valence-corrected chi connectivity index (χ2v) is 3.90. The summed E-state index contributed by atoms with van der Waals surface area (Å²) in [4.78, 5) is 0. The third-order valence-corrected chi connectivity index (χ3v) is 2.49. The first-order valence-corrected chi connectivity index (χ1v) is 5.36. The van der Waals surface area contributed by atoms with Gasteiger partial charge >= 0.3 is 0 Å². The smallest absolute Gasteiger partial charge is 0.147 e. The van der Waals surface area contributed by atoms with Crippen molar-refractivity contribution in [2.45, 2.75) is 6.54 Å². The standard InChI is InChI=1S/C13H11ClFN/c14-11-6-7-13(12(15)8-11)16-9-10-4-2-1-3-5-10/h1-8,16H,9H2. The molecule has 0 aliphatic carbocycles. The van der Waals surface area contributed by atoms with Crippen LogP contribution < -0.4 is 5.32 Å². The summed E-state index contributed by atoms with van der Waals surface area (Å²) < 4.78 is 13.4. The van der Waals surface area contributed by atoms with Gasteiger partial charge in [-0.3, -0.25) is 0 Å². The minimum atomic E-state index is -0.330. The topological polar surface area (TPSA) is 12.0 Å². The molecule has 0 bridgehead atoms. The van der Waals surface area contributed by atoms with Crippen molar-refractivity contribution in [1.29, 1.82) is 0 Å². The van der Waals surface area contributed by atoms with Crippen LogP contribution in [-0.4, -0.2) is 0 Å². The van der Waals surface area contributed by atoms with Crippen LogP contribution in [0.2, 0.25) is 5.02 Å². The molecule has 2 aromatic carbocycles. The van der Waals surface area contributed by atoms with Crippen molar-refractivity contribution in [1.82, 2.24) is 0 Å². The molecule has 1 N–H and O–H groups in total. The van der Waals surface area contributed by atoms with Crippen LogP contribution in [0.1, 0.15) is 5.56 Å². The first kappa shape index (κ1) is 11.0. The molecule has 0 aromatic heterocycles. The summed E-state index contributed by atoms with van der Waals surface area (Å²) in [5.41, 5.74) is 1.57. The van der Waals surface area contributed by atoms with Crippen molar-refractivity contribution in [3.05, 3.63) is 64.9 Å². The quantitative estimate of drug-likeness (QED) is 0.845. The number of anilines is 1. The van der Waals surface area contributed by atoms with Gasteiger partial charge in [0.05, 0.1) is 5.69 Å². The Morgan fingerprint density at radius 1 is 1.06 bits per heavy atom. The van der Waals surface area contributed by atoms with Gasteiger partial charge in [0.15, 0.2) is 0 Å². The molecule has 2 aromatic rings. The average Bonchev–Trinajstić information content (AvgIpc) is 2.29. The zero-order chi connectivity index (χ0) is 11.4. The van der Waals surface area contributed by atoms with E-state index in [9.17, 15) is 4.39 Å². The fourth-order valence-corrected chi connectivity index (χ4v) is 1.58. The first-order valence-electron chi connectivity index (χ1n) is 4.98. The van der Waals surface area contributed by atoms with Crippen molar-refractivity contribution in [3.63, 3.8) is 0 Å². The number of halogens is 2. The molecule has 82 valence electrons. The summed E-state index contributed by atoms with van der Waals surface area (Å²) in [5, 5.41) is 3.43. The van der Waals surface area contributed by atoms with Gasteiger partial charge in [-0.25, -0.2) is 4.39 Å². The molecule has 0 aliphatic rings. The van der Waals surface area contributed by atoms with Crippen LogP contribution in [0.4, 0.5) is 10.1 Å². The second kappa shape index (κ2) is 4.99. The SMILES string of the molecule is Fc1cc(Cl)ccc1NCc1ccccc1. The molecule has 1 nitrogen and oxygen atoms in total. The monoisotopic (exact) mass is 235 g/mol. The molecular weight excluding hydrogens is 225 g/mol. The van der Waals surface area contributed by atoms with E-state index >= 15 is 0 Å². The predicted molar refractivity (Wildman–Crippen MR) is 65.2 cm³/mol.